The van der Waals surface area contributed by atoms with E-state index in [1.807, 2.05) is 20.2 Å². The molecule has 0 spiro atoms. The molecule has 0 fully saturated rings. The van der Waals surface area contributed by atoms with Crippen LogP contribution in [-0.2, 0) is 4.74 Å². The van der Waals surface area contributed by atoms with Crippen molar-refractivity contribution in [3.8, 4) is 0 Å². The van der Waals surface area contributed by atoms with Crippen LogP contribution >= 0.6 is 0 Å². The topological polar surface area (TPSA) is 33.1 Å². The van der Waals surface area contributed by atoms with Crippen LogP contribution in [0.3, 0.4) is 0 Å². The Labute approximate surface area is 44.0 Å². The van der Waals surface area contributed by atoms with Crippen LogP contribution in [0.2, 0.25) is 0 Å². The third-order valence-corrected chi connectivity index (χ3v) is 0.489. The molecular formula is C5H10NO. The van der Waals surface area contributed by atoms with Crippen molar-refractivity contribution in [2.75, 3.05) is 6.61 Å². The second-order valence-corrected chi connectivity index (χ2v) is 1.81. The van der Waals surface area contributed by atoms with Gasteiger partial charge < -0.3 is 4.74 Å². The molecule has 41 valence electrons. The Balaban J connectivity index is 2.81. The molecular weight excluding hydrogens is 90.1 g/mol. The van der Waals surface area contributed by atoms with Crippen molar-refractivity contribution in [3.05, 3.63) is 0 Å². The van der Waals surface area contributed by atoms with Gasteiger partial charge in [0.25, 0.3) is 6.40 Å². The van der Waals surface area contributed by atoms with Crippen LogP contribution in [0.25, 0.3) is 0 Å². The average Bonchev–Trinajstić information content (AvgIpc) is 1.61. The van der Waals surface area contributed by atoms with Crippen molar-refractivity contribution >= 4 is 6.40 Å². The minimum absolute atomic E-state index is 0.498. The summed E-state index contributed by atoms with van der Waals surface area (Å²) in [4.78, 5) is 0. The molecule has 0 saturated carbocycles. The molecule has 1 radical (unpaired) electrons. The van der Waals surface area contributed by atoms with E-state index in [0.717, 1.165) is 0 Å². The van der Waals surface area contributed by atoms with E-state index in [-0.39, 0.29) is 0 Å². The molecule has 0 aliphatic carbocycles. The van der Waals surface area contributed by atoms with Gasteiger partial charge in [0.05, 0.1) is 6.61 Å². The predicted octanol–water partition coefficient (Wildman–Crippen LogP) is 1.14. The molecule has 2 heteroatoms. The van der Waals surface area contributed by atoms with Crippen LogP contribution in [0.1, 0.15) is 13.8 Å². The summed E-state index contributed by atoms with van der Waals surface area (Å²) in [5.74, 6) is 0.498. The highest BCUT2D eigenvalue weighted by atomic mass is 16.5. The number of ether oxygens (including phenoxy) is 1. The second-order valence-electron chi connectivity index (χ2n) is 1.81. The van der Waals surface area contributed by atoms with Crippen molar-refractivity contribution in [1.29, 1.82) is 5.41 Å². The largest absolute Gasteiger partial charge is 0.474 e. The van der Waals surface area contributed by atoms with Crippen LogP contribution < -0.4 is 0 Å². The summed E-state index contributed by atoms with van der Waals surface area (Å²) in [6, 6.07) is 0. The first kappa shape index (κ1) is 6.47. The highest BCUT2D eigenvalue weighted by Gasteiger charge is 1.88. The molecule has 0 saturated heterocycles. The summed E-state index contributed by atoms with van der Waals surface area (Å²) in [6.07, 6.45) is 1.85. The molecule has 0 unspecified atom stereocenters. The van der Waals surface area contributed by atoms with Gasteiger partial charge in [0.2, 0.25) is 0 Å². The maximum atomic E-state index is 6.32. The lowest BCUT2D eigenvalue weighted by molar-refractivity contribution is 0.269. The van der Waals surface area contributed by atoms with Crippen LogP contribution in [0, 0.1) is 11.3 Å². The van der Waals surface area contributed by atoms with E-state index in [2.05, 4.69) is 4.74 Å². The molecule has 1 N–H and O–H groups in total. The zero-order chi connectivity index (χ0) is 5.70. The van der Waals surface area contributed by atoms with E-state index < -0.39 is 0 Å². The van der Waals surface area contributed by atoms with Gasteiger partial charge in [-0.25, -0.2) is 0 Å². The van der Waals surface area contributed by atoms with E-state index in [4.69, 9.17) is 5.41 Å². The molecule has 0 aliphatic rings. The zero-order valence-corrected chi connectivity index (χ0v) is 4.69. The lowest BCUT2D eigenvalue weighted by Gasteiger charge is -1.98. The highest BCUT2D eigenvalue weighted by Crippen LogP contribution is 1.88. The molecule has 0 rings (SSSR count). The Kier molecular flexibility index (Phi) is 3.38. The summed E-state index contributed by atoms with van der Waals surface area (Å²) in [5, 5.41) is 6.32. The fourth-order valence-corrected chi connectivity index (χ4v) is 0.208. The van der Waals surface area contributed by atoms with Crippen molar-refractivity contribution in [2.24, 2.45) is 5.92 Å². The first-order chi connectivity index (χ1) is 3.27. The smallest absolute Gasteiger partial charge is 0.269 e. The summed E-state index contributed by atoms with van der Waals surface area (Å²) in [6.45, 7) is 4.65. The van der Waals surface area contributed by atoms with E-state index in [1.165, 1.54) is 0 Å². The standard InChI is InChI=1S/C5H10NO/c1-5(2)3-7-4-6/h5-6H,3H2,1-2H3. The van der Waals surface area contributed by atoms with Crippen LogP contribution in [0.15, 0.2) is 0 Å². The third kappa shape index (κ3) is 5.47. The maximum Gasteiger partial charge on any atom is 0.269 e. The predicted molar refractivity (Wildman–Crippen MR) is 28.5 cm³/mol. The second kappa shape index (κ2) is 3.65. The van der Waals surface area contributed by atoms with Gasteiger partial charge in [-0.1, -0.05) is 13.8 Å². The summed E-state index contributed by atoms with van der Waals surface area (Å²) in [5.41, 5.74) is 0. The van der Waals surface area contributed by atoms with Gasteiger partial charge in [0.15, 0.2) is 0 Å². The van der Waals surface area contributed by atoms with Crippen LogP contribution in [0.4, 0.5) is 0 Å². The number of nitrogens with one attached hydrogen (secondary N) is 1. The van der Waals surface area contributed by atoms with Gasteiger partial charge in [-0.2, -0.15) is 0 Å². The molecule has 0 aromatic heterocycles. The van der Waals surface area contributed by atoms with Crippen molar-refractivity contribution in [2.45, 2.75) is 13.8 Å². The van der Waals surface area contributed by atoms with Crippen LogP contribution in [0.5, 0.6) is 0 Å². The zero-order valence-electron chi connectivity index (χ0n) is 4.69. The van der Waals surface area contributed by atoms with Gasteiger partial charge in [0.1, 0.15) is 0 Å². The molecule has 2 nitrogen and oxygen atoms in total. The molecule has 0 atom stereocenters. The molecule has 0 amide bonds. The van der Waals surface area contributed by atoms with E-state index in [9.17, 15) is 0 Å². The van der Waals surface area contributed by atoms with Crippen molar-refractivity contribution in [1.82, 2.24) is 0 Å². The quantitative estimate of drug-likeness (QED) is 0.418. The number of rotatable bonds is 3. The number of hydrogen-bond donors (Lipinski definition) is 1. The Morgan fingerprint density at radius 2 is 2.29 bits per heavy atom. The molecule has 0 aromatic rings. The van der Waals surface area contributed by atoms with Gasteiger partial charge in [-0.05, 0) is 5.92 Å². The van der Waals surface area contributed by atoms with Crippen molar-refractivity contribution < 1.29 is 4.74 Å². The normalized spacial score (nSPS) is 9.00. The molecule has 0 aliphatic heterocycles. The Morgan fingerprint density at radius 1 is 1.71 bits per heavy atom. The SMILES string of the molecule is CC(C)CO[C]=N. The Hall–Kier alpha value is -0.530. The van der Waals surface area contributed by atoms with Gasteiger partial charge >= 0.3 is 0 Å². The minimum Gasteiger partial charge on any atom is -0.474 e. The fraction of sp³-hybridized carbons (Fsp3) is 0.800. The van der Waals surface area contributed by atoms with Gasteiger partial charge in [-0.15, -0.1) is 0 Å². The molecule has 7 heavy (non-hydrogen) atoms. The molecule has 0 bridgehead atoms. The molecule has 0 heterocycles. The van der Waals surface area contributed by atoms with Gasteiger partial charge in [-0.3, -0.25) is 5.41 Å². The first-order valence-electron chi connectivity index (χ1n) is 2.31. The number of hydrogen-bond acceptors (Lipinski definition) is 2. The maximum absolute atomic E-state index is 6.32. The lowest BCUT2D eigenvalue weighted by Crippen LogP contribution is -1.98. The van der Waals surface area contributed by atoms with E-state index in [1.54, 1.807) is 0 Å². The monoisotopic (exact) mass is 100 g/mol. The molecule has 0 aromatic carbocycles. The summed E-state index contributed by atoms with van der Waals surface area (Å²) in [7, 11) is 0. The van der Waals surface area contributed by atoms with Gasteiger partial charge in [0, 0.05) is 0 Å². The third-order valence-electron chi connectivity index (χ3n) is 0.489. The Morgan fingerprint density at radius 3 is 2.43 bits per heavy atom. The first-order valence-corrected chi connectivity index (χ1v) is 2.31. The summed E-state index contributed by atoms with van der Waals surface area (Å²) < 4.78 is 4.51. The highest BCUT2D eigenvalue weighted by molar-refractivity contribution is 5.40. The fourth-order valence-electron chi connectivity index (χ4n) is 0.208. The minimum atomic E-state index is 0.498. The van der Waals surface area contributed by atoms with E-state index in [0.29, 0.717) is 12.5 Å². The summed E-state index contributed by atoms with van der Waals surface area (Å²) >= 11 is 0. The van der Waals surface area contributed by atoms with Crippen molar-refractivity contribution in [3.63, 3.8) is 0 Å². The van der Waals surface area contributed by atoms with Crippen LogP contribution in [-0.4, -0.2) is 13.0 Å². The Bertz CT molecular complexity index is 52.0. The lowest BCUT2D eigenvalue weighted by atomic mass is 10.2. The van der Waals surface area contributed by atoms with E-state index >= 15 is 0 Å². The average molecular weight is 100 g/mol.